The molecule has 0 saturated heterocycles. The summed E-state index contributed by atoms with van der Waals surface area (Å²) in [6.45, 7) is 6.01. The number of nitrogens with one attached hydrogen (secondary N) is 2. The zero-order chi connectivity index (χ0) is 15.9. The second-order valence-electron chi connectivity index (χ2n) is 5.69. The van der Waals surface area contributed by atoms with E-state index in [0.717, 1.165) is 18.7 Å². The Bertz CT molecular complexity index is 536. The maximum atomic E-state index is 12.1. The highest BCUT2D eigenvalue weighted by molar-refractivity contribution is 5.96. The molecule has 0 bridgehead atoms. The number of aryl methyl sites for hydroxylation is 1. The van der Waals surface area contributed by atoms with Gasteiger partial charge in [0.05, 0.1) is 0 Å². The second kappa shape index (κ2) is 9.53. The van der Waals surface area contributed by atoms with Crippen LogP contribution < -0.4 is 15.5 Å². The van der Waals surface area contributed by atoms with E-state index >= 15 is 0 Å². The molecule has 1 atom stereocenters. The van der Waals surface area contributed by atoms with Gasteiger partial charge in [0.1, 0.15) is 0 Å². The Hall–Kier alpha value is -1.59. The first-order chi connectivity index (χ1) is 10.6. The molecule has 0 fully saturated rings. The van der Waals surface area contributed by atoms with Gasteiger partial charge < -0.3 is 15.5 Å². The summed E-state index contributed by atoms with van der Waals surface area (Å²) < 4.78 is 0. The third kappa shape index (κ3) is 5.52. The molecular weight excluding hydrogens is 314 g/mol. The summed E-state index contributed by atoms with van der Waals surface area (Å²) in [5.41, 5.74) is 2.14. The van der Waals surface area contributed by atoms with Crippen molar-refractivity contribution in [2.24, 2.45) is 0 Å². The van der Waals surface area contributed by atoms with Crippen LogP contribution in [0, 0.1) is 0 Å². The van der Waals surface area contributed by atoms with Gasteiger partial charge >= 0.3 is 0 Å². The Labute approximate surface area is 144 Å². The molecule has 128 valence electrons. The number of anilines is 1. The van der Waals surface area contributed by atoms with Gasteiger partial charge in [-0.15, -0.1) is 12.4 Å². The summed E-state index contributed by atoms with van der Waals surface area (Å²) in [7, 11) is 0. The SMILES string of the molecule is CCN[C@H](C)CNC(=O)CCN1C(=O)CCc2ccccc21.Cl. The minimum atomic E-state index is -0.0133. The molecule has 1 heterocycles. The number of carbonyl (C=O) groups is 2. The molecule has 1 aliphatic heterocycles. The number of amides is 2. The molecule has 2 N–H and O–H groups in total. The molecule has 0 aromatic heterocycles. The summed E-state index contributed by atoms with van der Waals surface area (Å²) in [4.78, 5) is 25.8. The topological polar surface area (TPSA) is 61.4 Å². The highest BCUT2D eigenvalue weighted by Crippen LogP contribution is 2.27. The van der Waals surface area contributed by atoms with Crippen LogP contribution in [-0.2, 0) is 16.0 Å². The molecule has 23 heavy (non-hydrogen) atoms. The molecule has 0 aliphatic carbocycles. The van der Waals surface area contributed by atoms with Gasteiger partial charge in [0, 0.05) is 37.7 Å². The van der Waals surface area contributed by atoms with Crippen molar-refractivity contribution < 1.29 is 9.59 Å². The van der Waals surface area contributed by atoms with Crippen molar-refractivity contribution in [1.82, 2.24) is 10.6 Å². The first kappa shape index (κ1) is 19.5. The monoisotopic (exact) mass is 339 g/mol. The highest BCUT2D eigenvalue weighted by Gasteiger charge is 2.23. The normalized spacial score (nSPS) is 14.7. The molecule has 2 rings (SSSR count). The molecule has 0 spiro atoms. The van der Waals surface area contributed by atoms with E-state index in [4.69, 9.17) is 0 Å². The van der Waals surface area contributed by atoms with Crippen LogP contribution in [0.25, 0.3) is 0 Å². The lowest BCUT2D eigenvalue weighted by molar-refractivity contribution is -0.121. The zero-order valence-corrected chi connectivity index (χ0v) is 14.6. The zero-order valence-electron chi connectivity index (χ0n) is 13.8. The number of hydrogen-bond donors (Lipinski definition) is 2. The standard InChI is InChI=1S/C17H25N3O2.ClH/c1-3-18-13(2)12-19-16(21)10-11-20-15-7-5-4-6-14(15)8-9-17(20)22;/h4-7,13,18H,3,8-12H2,1-2H3,(H,19,21);1H/t13-;/m1./s1. The highest BCUT2D eigenvalue weighted by atomic mass is 35.5. The number of likely N-dealkylation sites (N-methyl/N-ethyl adjacent to an activating group) is 1. The summed E-state index contributed by atoms with van der Waals surface area (Å²) in [5.74, 6) is 0.0909. The fraction of sp³-hybridized carbons (Fsp3) is 0.529. The van der Waals surface area contributed by atoms with Crippen LogP contribution in [0.3, 0.4) is 0 Å². The Morgan fingerprint density at radius 3 is 2.78 bits per heavy atom. The third-order valence-corrected chi connectivity index (χ3v) is 3.91. The second-order valence-corrected chi connectivity index (χ2v) is 5.69. The van der Waals surface area contributed by atoms with E-state index in [2.05, 4.69) is 10.6 Å². The fourth-order valence-corrected chi connectivity index (χ4v) is 2.73. The predicted molar refractivity (Wildman–Crippen MR) is 95.1 cm³/mol. The average Bonchev–Trinajstić information content (AvgIpc) is 2.52. The fourth-order valence-electron chi connectivity index (χ4n) is 2.73. The maximum Gasteiger partial charge on any atom is 0.227 e. The number of rotatable bonds is 7. The Balaban J connectivity index is 0.00000264. The smallest absolute Gasteiger partial charge is 0.227 e. The minimum Gasteiger partial charge on any atom is -0.354 e. The van der Waals surface area contributed by atoms with Gasteiger partial charge in [-0.25, -0.2) is 0 Å². The van der Waals surface area contributed by atoms with Gasteiger partial charge in [0.15, 0.2) is 0 Å². The molecule has 2 amide bonds. The third-order valence-electron chi connectivity index (χ3n) is 3.91. The molecule has 0 saturated carbocycles. The van der Waals surface area contributed by atoms with Crippen LogP contribution >= 0.6 is 12.4 Å². The number of halogens is 1. The lowest BCUT2D eigenvalue weighted by Crippen LogP contribution is -2.41. The Morgan fingerprint density at radius 1 is 1.30 bits per heavy atom. The van der Waals surface area contributed by atoms with Gasteiger partial charge in [-0.3, -0.25) is 9.59 Å². The van der Waals surface area contributed by atoms with Gasteiger partial charge in [0.25, 0.3) is 0 Å². The summed E-state index contributed by atoms with van der Waals surface area (Å²) in [6, 6.07) is 8.18. The van der Waals surface area contributed by atoms with Crippen LogP contribution in [0.2, 0.25) is 0 Å². The molecule has 1 aromatic carbocycles. The van der Waals surface area contributed by atoms with Crippen molar-refractivity contribution in [2.45, 2.75) is 39.2 Å². The van der Waals surface area contributed by atoms with E-state index in [1.165, 1.54) is 5.56 Å². The van der Waals surface area contributed by atoms with Crippen molar-refractivity contribution in [3.63, 3.8) is 0 Å². The first-order valence-electron chi connectivity index (χ1n) is 8.00. The Morgan fingerprint density at radius 2 is 2.04 bits per heavy atom. The van der Waals surface area contributed by atoms with Gasteiger partial charge in [-0.2, -0.15) is 0 Å². The van der Waals surface area contributed by atoms with Gasteiger partial charge in [-0.05, 0) is 31.5 Å². The van der Waals surface area contributed by atoms with Crippen LogP contribution in [0.4, 0.5) is 5.69 Å². The van der Waals surface area contributed by atoms with E-state index in [1.807, 2.05) is 38.1 Å². The number of benzene rings is 1. The lowest BCUT2D eigenvalue weighted by Gasteiger charge is -2.29. The van der Waals surface area contributed by atoms with Crippen LogP contribution in [0.5, 0.6) is 0 Å². The molecule has 1 aromatic rings. The number of nitrogens with zero attached hydrogens (tertiary/aromatic N) is 1. The van der Waals surface area contributed by atoms with Crippen molar-refractivity contribution in [2.75, 3.05) is 24.5 Å². The number of para-hydroxylation sites is 1. The van der Waals surface area contributed by atoms with Crippen molar-refractivity contribution in [3.8, 4) is 0 Å². The maximum absolute atomic E-state index is 12.1. The van der Waals surface area contributed by atoms with E-state index in [1.54, 1.807) is 4.90 Å². The van der Waals surface area contributed by atoms with Crippen LogP contribution in [0.15, 0.2) is 24.3 Å². The quantitative estimate of drug-likeness (QED) is 0.797. The summed E-state index contributed by atoms with van der Waals surface area (Å²) in [6.07, 6.45) is 1.65. The number of hydrogen-bond acceptors (Lipinski definition) is 3. The molecule has 5 nitrogen and oxygen atoms in total. The number of fused-ring (bicyclic) bond motifs is 1. The lowest BCUT2D eigenvalue weighted by atomic mass is 10.0. The van der Waals surface area contributed by atoms with E-state index < -0.39 is 0 Å². The average molecular weight is 340 g/mol. The molecular formula is C17H26ClN3O2. The summed E-state index contributed by atoms with van der Waals surface area (Å²) in [5, 5.41) is 6.15. The predicted octanol–water partition coefficient (Wildman–Crippen LogP) is 1.89. The molecule has 0 radical (unpaired) electrons. The van der Waals surface area contributed by atoms with Gasteiger partial charge in [-0.1, -0.05) is 25.1 Å². The van der Waals surface area contributed by atoms with E-state index in [9.17, 15) is 9.59 Å². The van der Waals surface area contributed by atoms with E-state index in [0.29, 0.717) is 25.9 Å². The Kier molecular flexibility index (Phi) is 8.06. The molecule has 6 heteroatoms. The molecule has 0 unspecified atom stereocenters. The molecule has 1 aliphatic rings. The summed E-state index contributed by atoms with van der Waals surface area (Å²) >= 11 is 0. The van der Waals surface area contributed by atoms with Crippen LogP contribution in [0.1, 0.15) is 32.3 Å². The minimum absolute atomic E-state index is 0. The largest absolute Gasteiger partial charge is 0.354 e. The van der Waals surface area contributed by atoms with Crippen molar-refractivity contribution in [3.05, 3.63) is 29.8 Å². The van der Waals surface area contributed by atoms with Gasteiger partial charge in [0.2, 0.25) is 11.8 Å². The van der Waals surface area contributed by atoms with Crippen molar-refractivity contribution in [1.29, 1.82) is 0 Å². The first-order valence-corrected chi connectivity index (χ1v) is 8.00. The number of carbonyl (C=O) groups excluding carboxylic acids is 2. The van der Waals surface area contributed by atoms with Crippen molar-refractivity contribution >= 4 is 29.9 Å². The van der Waals surface area contributed by atoms with E-state index in [-0.39, 0.29) is 30.3 Å². The van der Waals surface area contributed by atoms with Crippen LogP contribution in [-0.4, -0.2) is 37.5 Å².